The summed E-state index contributed by atoms with van der Waals surface area (Å²) in [7, 11) is 1.66. The first-order chi connectivity index (χ1) is 16.0. The van der Waals surface area contributed by atoms with E-state index in [-0.39, 0.29) is 18.2 Å². The number of rotatable bonds is 8. The molecule has 2 atom stereocenters. The van der Waals surface area contributed by atoms with E-state index in [1.165, 1.54) is 5.56 Å². The van der Waals surface area contributed by atoms with Crippen molar-refractivity contribution >= 4 is 23.7 Å². The summed E-state index contributed by atoms with van der Waals surface area (Å²) in [6.07, 6.45) is 2.54. The van der Waals surface area contributed by atoms with Crippen LogP contribution >= 0.6 is 0 Å². The quantitative estimate of drug-likeness (QED) is 0.524. The fourth-order valence-electron chi connectivity index (χ4n) is 4.20. The molecule has 4 rings (SSSR count). The van der Waals surface area contributed by atoms with E-state index in [2.05, 4.69) is 57.9 Å². The van der Waals surface area contributed by atoms with Crippen LogP contribution in [0.25, 0.3) is 0 Å². The highest BCUT2D eigenvalue weighted by molar-refractivity contribution is 5.89. The normalized spacial score (nSPS) is 19.8. The van der Waals surface area contributed by atoms with Gasteiger partial charge in [0, 0.05) is 49.2 Å². The van der Waals surface area contributed by atoms with Crippen LogP contribution in [0.4, 0.5) is 16.2 Å². The van der Waals surface area contributed by atoms with Gasteiger partial charge in [-0.2, -0.15) is 0 Å². The number of hydrogen-bond donors (Lipinski definition) is 3. The number of anilines is 2. The van der Waals surface area contributed by atoms with Crippen molar-refractivity contribution in [2.75, 3.05) is 44.0 Å². The van der Waals surface area contributed by atoms with Crippen molar-refractivity contribution in [3.63, 3.8) is 0 Å². The second kappa shape index (κ2) is 10.7. The summed E-state index contributed by atoms with van der Waals surface area (Å²) in [5.41, 5.74) is 4.15. The number of aliphatic imine (C=N–C) groups is 1. The average molecular weight is 452 g/mol. The summed E-state index contributed by atoms with van der Waals surface area (Å²) in [6, 6.07) is 13.9. The van der Waals surface area contributed by atoms with Crippen molar-refractivity contribution in [3.8, 4) is 5.75 Å². The molecule has 1 saturated heterocycles. The van der Waals surface area contributed by atoms with Crippen LogP contribution in [-0.2, 0) is 4.74 Å². The lowest BCUT2D eigenvalue weighted by atomic mass is 10.0. The van der Waals surface area contributed by atoms with Gasteiger partial charge in [0.2, 0.25) is 0 Å². The Bertz CT molecular complexity index is 977. The molecular weight excluding hydrogens is 418 g/mol. The number of fused-ring (bicyclic) bond motifs is 1. The van der Waals surface area contributed by atoms with Crippen LogP contribution in [0, 0.1) is 0 Å². The van der Waals surface area contributed by atoms with Gasteiger partial charge in [0.05, 0.1) is 12.9 Å². The maximum atomic E-state index is 12.5. The summed E-state index contributed by atoms with van der Waals surface area (Å²) in [5.74, 6) is 1.27. The van der Waals surface area contributed by atoms with Crippen LogP contribution in [-0.4, -0.2) is 56.7 Å². The van der Waals surface area contributed by atoms with Gasteiger partial charge in [0.1, 0.15) is 18.5 Å². The molecule has 2 aliphatic heterocycles. The Morgan fingerprint density at radius 3 is 2.79 bits per heavy atom. The average Bonchev–Trinajstić information content (AvgIpc) is 3.27. The molecule has 0 radical (unpaired) electrons. The van der Waals surface area contributed by atoms with E-state index in [9.17, 15) is 4.79 Å². The maximum Gasteiger partial charge on any atom is 0.319 e. The second-order valence-corrected chi connectivity index (χ2v) is 8.74. The number of carbonyl (C=O) groups excluding carboxylic acids is 1. The van der Waals surface area contributed by atoms with Gasteiger partial charge in [-0.15, -0.1) is 0 Å². The summed E-state index contributed by atoms with van der Waals surface area (Å²) in [6.45, 7) is 6.97. The highest BCUT2D eigenvalue weighted by Crippen LogP contribution is 2.35. The van der Waals surface area contributed by atoms with Gasteiger partial charge < -0.3 is 25.4 Å². The van der Waals surface area contributed by atoms with Gasteiger partial charge in [-0.05, 0) is 42.2 Å². The summed E-state index contributed by atoms with van der Waals surface area (Å²) >= 11 is 0. The summed E-state index contributed by atoms with van der Waals surface area (Å²) < 4.78 is 10.8. The first-order valence-corrected chi connectivity index (χ1v) is 11.5. The van der Waals surface area contributed by atoms with Crippen LogP contribution < -0.4 is 20.7 Å². The topological polar surface area (TPSA) is 87.2 Å². The molecule has 0 aliphatic carbocycles. The highest BCUT2D eigenvalue weighted by atomic mass is 16.5. The summed E-state index contributed by atoms with van der Waals surface area (Å²) in [4.78, 5) is 19.5. The van der Waals surface area contributed by atoms with Crippen LogP contribution in [0.3, 0.4) is 0 Å². The molecule has 176 valence electrons. The number of nitrogens with one attached hydrogen (secondary N) is 3. The standard InChI is InChI=1S/C25H33N5O3/c1-17(2)18-4-6-19(7-5-18)28-25(31)29-20-10-11-30(15-20)24-22-9-8-21(33-13-12-32-3)14-23(22)26-16-27-24/h4-9,14,16-17,20,24H,10-13,15H2,1-3H3,(H,26,27)(H2,28,29,31). The minimum absolute atomic E-state index is 0.0742. The van der Waals surface area contributed by atoms with E-state index in [1.807, 2.05) is 24.3 Å². The van der Waals surface area contributed by atoms with Crippen LogP contribution in [0.5, 0.6) is 5.75 Å². The Morgan fingerprint density at radius 1 is 1.21 bits per heavy atom. The van der Waals surface area contributed by atoms with Gasteiger partial charge in [-0.25, -0.2) is 4.79 Å². The van der Waals surface area contributed by atoms with E-state index in [4.69, 9.17) is 9.47 Å². The minimum Gasteiger partial charge on any atom is -0.491 e. The molecule has 0 saturated carbocycles. The molecule has 3 N–H and O–H groups in total. The van der Waals surface area contributed by atoms with E-state index in [1.54, 1.807) is 13.4 Å². The number of nitrogens with zero attached hydrogens (tertiary/aromatic N) is 2. The third-order valence-electron chi connectivity index (χ3n) is 6.03. The molecular formula is C25H33N5O3. The number of amides is 2. The monoisotopic (exact) mass is 451 g/mol. The molecule has 8 heteroatoms. The van der Waals surface area contributed by atoms with Crippen LogP contribution in [0.2, 0.25) is 0 Å². The van der Waals surface area contributed by atoms with Gasteiger partial charge >= 0.3 is 6.03 Å². The molecule has 0 bridgehead atoms. The summed E-state index contributed by atoms with van der Waals surface area (Å²) in [5, 5.41) is 9.26. The molecule has 0 aromatic heterocycles. The van der Waals surface area contributed by atoms with Crippen molar-refractivity contribution in [1.82, 2.24) is 10.2 Å². The number of benzene rings is 2. The smallest absolute Gasteiger partial charge is 0.319 e. The second-order valence-electron chi connectivity index (χ2n) is 8.74. The molecule has 2 aromatic rings. The minimum atomic E-state index is -0.175. The number of ether oxygens (including phenoxy) is 2. The lowest BCUT2D eigenvalue weighted by molar-refractivity contribution is 0.146. The first kappa shape index (κ1) is 23.1. The lowest BCUT2D eigenvalue weighted by Gasteiger charge is -2.29. The van der Waals surface area contributed by atoms with Gasteiger partial charge in [0.15, 0.2) is 0 Å². The highest BCUT2D eigenvalue weighted by Gasteiger charge is 2.32. The van der Waals surface area contributed by atoms with Gasteiger partial charge in [-0.3, -0.25) is 9.89 Å². The molecule has 2 aromatic carbocycles. The Kier molecular flexibility index (Phi) is 7.47. The van der Waals surface area contributed by atoms with Crippen LogP contribution in [0.1, 0.15) is 43.5 Å². The van der Waals surface area contributed by atoms with Crippen molar-refractivity contribution in [3.05, 3.63) is 53.6 Å². The Balaban J connectivity index is 1.32. The largest absolute Gasteiger partial charge is 0.491 e. The molecule has 0 spiro atoms. The number of carbonyl (C=O) groups is 1. The Labute approximate surface area is 195 Å². The lowest BCUT2D eigenvalue weighted by Crippen LogP contribution is -2.40. The van der Waals surface area contributed by atoms with E-state index >= 15 is 0 Å². The Hall–Kier alpha value is -3.10. The number of likely N-dealkylation sites (tertiary alicyclic amines) is 1. The number of urea groups is 1. The van der Waals surface area contributed by atoms with Crippen molar-refractivity contribution < 1.29 is 14.3 Å². The van der Waals surface area contributed by atoms with E-state index in [0.717, 1.165) is 42.2 Å². The van der Waals surface area contributed by atoms with Gasteiger partial charge in [0.25, 0.3) is 0 Å². The molecule has 33 heavy (non-hydrogen) atoms. The predicted molar refractivity (Wildman–Crippen MR) is 131 cm³/mol. The fourth-order valence-corrected chi connectivity index (χ4v) is 4.20. The van der Waals surface area contributed by atoms with Crippen LogP contribution in [0.15, 0.2) is 47.5 Å². The first-order valence-electron chi connectivity index (χ1n) is 11.5. The zero-order chi connectivity index (χ0) is 23.2. The zero-order valence-corrected chi connectivity index (χ0v) is 19.5. The molecule has 1 fully saturated rings. The molecule has 2 unspecified atom stereocenters. The maximum absolute atomic E-state index is 12.5. The fraction of sp³-hybridized carbons (Fsp3) is 0.440. The third kappa shape index (κ3) is 5.83. The molecule has 2 amide bonds. The Morgan fingerprint density at radius 2 is 2.03 bits per heavy atom. The van der Waals surface area contributed by atoms with Gasteiger partial charge in [-0.1, -0.05) is 26.0 Å². The molecule has 2 heterocycles. The number of hydrogen-bond acceptors (Lipinski definition) is 6. The molecule has 2 aliphatic rings. The SMILES string of the molecule is COCCOc1ccc2c(c1)NC=NC2N1CCC(NC(=O)Nc2ccc(C(C)C)cc2)C1. The van der Waals surface area contributed by atoms with E-state index in [0.29, 0.717) is 19.1 Å². The van der Waals surface area contributed by atoms with Crippen molar-refractivity contribution in [2.45, 2.75) is 38.4 Å². The predicted octanol–water partition coefficient (Wildman–Crippen LogP) is 4.18. The molecule has 8 nitrogen and oxygen atoms in total. The van der Waals surface area contributed by atoms with Crippen molar-refractivity contribution in [2.24, 2.45) is 4.99 Å². The number of methoxy groups -OCH3 is 1. The van der Waals surface area contributed by atoms with E-state index < -0.39 is 0 Å². The van der Waals surface area contributed by atoms with Crippen molar-refractivity contribution in [1.29, 1.82) is 0 Å². The third-order valence-corrected chi connectivity index (χ3v) is 6.03. The zero-order valence-electron chi connectivity index (χ0n) is 19.5.